The van der Waals surface area contributed by atoms with Crippen LogP contribution < -0.4 is 5.14 Å². The predicted octanol–water partition coefficient (Wildman–Crippen LogP) is -0.580. The number of sulfone groups is 1. The van der Waals surface area contributed by atoms with Crippen LogP contribution >= 0.6 is 0 Å². The summed E-state index contributed by atoms with van der Waals surface area (Å²) >= 11 is 0. The third-order valence-corrected chi connectivity index (χ3v) is 6.13. The van der Waals surface area contributed by atoms with E-state index in [1.54, 1.807) is 13.8 Å². The summed E-state index contributed by atoms with van der Waals surface area (Å²) in [7, 11) is -7.15. The predicted molar refractivity (Wildman–Crippen MR) is 55.0 cm³/mol. The third-order valence-electron chi connectivity index (χ3n) is 2.95. The summed E-state index contributed by atoms with van der Waals surface area (Å²) in [5, 5.41) is 4.67. The van der Waals surface area contributed by atoms with Crippen molar-refractivity contribution in [3.8, 4) is 0 Å². The molecule has 0 aromatic carbocycles. The Morgan fingerprint density at radius 2 is 2.00 bits per heavy atom. The highest BCUT2D eigenvalue weighted by molar-refractivity contribution is 7.93. The molecule has 8 heteroatoms. The Bertz CT molecular complexity index is 436. The van der Waals surface area contributed by atoms with Crippen LogP contribution in [-0.2, 0) is 24.3 Å². The molecule has 0 amide bonds. The summed E-state index contributed by atoms with van der Waals surface area (Å²) in [6.07, 6.45) is 0.408. The SMILES string of the molecule is CC1(C)C(COS(N)(=O)=O)CCS1(=O)=O. The molecule has 15 heavy (non-hydrogen) atoms. The van der Waals surface area contributed by atoms with Gasteiger partial charge in [0, 0.05) is 5.92 Å². The van der Waals surface area contributed by atoms with Crippen molar-refractivity contribution in [2.45, 2.75) is 25.0 Å². The zero-order valence-corrected chi connectivity index (χ0v) is 10.3. The van der Waals surface area contributed by atoms with Crippen LogP contribution in [0.2, 0.25) is 0 Å². The number of nitrogens with two attached hydrogens (primary N) is 1. The highest BCUT2D eigenvalue weighted by Gasteiger charge is 2.47. The number of rotatable bonds is 3. The fraction of sp³-hybridized carbons (Fsp3) is 1.00. The van der Waals surface area contributed by atoms with Gasteiger partial charge in [0.2, 0.25) is 0 Å². The molecule has 1 heterocycles. The van der Waals surface area contributed by atoms with Gasteiger partial charge in [0.05, 0.1) is 17.1 Å². The van der Waals surface area contributed by atoms with Gasteiger partial charge in [-0.2, -0.15) is 8.42 Å². The van der Waals surface area contributed by atoms with Crippen molar-refractivity contribution < 1.29 is 21.0 Å². The summed E-state index contributed by atoms with van der Waals surface area (Å²) in [6, 6.07) is 0. The van der Waals surface area contributed by atoms with Gasteiger partial charge in [-0.25, -0.2) is 13.6 Å². The van der Waals surface area contributed by atoms with E-state index in [0.29, 0.717) is 6.42 Å². The number of hydrogen-bond donors (Lipinski definition) is 1. The van der Waals surface area contributed by atoms with E-state index in [9.17, 15) is 16.8 Å². The van der Waals surface area contributed by atoms with E-state index in [-0.39, 0.29) is 18.3 Å². The van der Waals surface area contributed by atoms with E-state index in [1.807, 2.05) is 0 Å². The molecule has 90 valence electrons. The Hall–Kier alpha value is -0.180. The molecule has 1 fully saturated rings. The van der Waals surface area contributed by atoms with Crippen LogP contribution in [0.4, 0.5) is 0 Å². The molecule has 0 radical (unpaired) electrons. The fourth-order valence-electron chi connectivity index (χ4n) is 1.62. The van der Waals surface area contributed by atoms with Crippen LogP contribution in [0.1, 0.15) is 20.3 Å². The van der Waals surface area contributed by atoms with Crippen LogP contribution in [0.5, 0.6) is 0 Å². The molecule has 0 aliphatic carbocycles. The van der Waals surface area contributed by atoms with E-state index in [0.717, 1.165) is 0 Å². The van der Waals surface area contributed by atoms with Gasteiger partial charge in [0.15, 0.2) is 9.84 Å². The minimum absolute atomic E-state index is 0.0681. The second-order valence-electron chi connectivity index (χ2n) is 4.19. The van der Waals surface area contributed by atoms with Gasteiger partial charge in [-0.3, -0.25) is 4.18 Å². The lowest BCUT2D eigenvalue weighted by atomic mass is 9.94. The average molecular weight is 257 g/mol. The summed E-state index contributed by atoms with van der Waals surface area (Å²) in [4.78, 5) is 0. The first kappa shape index (κ1) is 12.9. The first-order valence-electron chi connectivity index (χ1n) is 4.46. The van der Waals surface area contributed by atoms with Crippen molar-refractivity contribution in [3.63, 3.8) is 0 Å². The third kappa shape index (κ3) is 2.68. The highest BCUT2D eigenvalue weighted by atomic mass is 32.2. The van der Waals surface area contributed by atoms with E-state index in [1.165, 1.54) is 0 Å². The molecule has 0 aromatic rings. The molecular formula is C7H15NO5S2. The van der Waals surface area contributed by atoms with Gasteiger partial charge < -0.3 is 0 Å². The minimum Gasteiger partial charge on any atom is -0.258 e. The van der Waals surface area contributed by atoms with Crippen molar-refractivity contribution in [1.29, 1.82) is 0 Å². The monoisotopic (exact) mass is 257 g/mol. The molecule has 1 atom stereocenters. The maximum absolute atomic E-state index is 11.6. The summed E-state index contributed by atoms with van der Waals surface area (Å²) < 4.78 is 47.8. The normalized spacial score (nSPS) is 29.1. The van der Waals surface area contributed by atoms with Crippen LogP contribution in [-0.4, -0.2) is 33.9 Å². The second kappa shape index (κ2) is 3.69. The molecule has 0 spiro atoms. The molecule has 1 aliphatic heterocycles. The fourth-order valence-corrected chi connectivity index (χ4v) is 3.79. The molecule has 0 aromatic heterocycles. The largest absolute Gasteiger partial charge is 0.333 e. The van der Waals surface area contributed by atoms with Crippen LogP contribution in [0.3, 0.4) is 0 Å². The van der Waals surface area contributed by atoms with Crippen molar-refractivity contribution >= 4 is 20.1 Å². The lowest BCUT2D eigenvalue weighted by molar-refractivity contribution is 0.230. The summed E-state index contributed by atoms with van der Waals surface area (Å²) in [6.45, 7) is 2.98. The van der Waals surface area contributed by atoms with Gasteiger partial charge in [0.1, 0.15) is 0 Å². The molecule has 0 saturated carbocycles. The smallest absolute Gasteiger partial charge is 0.258 e. The van der Waals surface area contributed by atoms with Crippen molar-refractivity contribution in [2.75, 3.05) is 12.4 Å². The topological polar surface area (TPSA) is 104 Å². The van der Waals surface area contributed by atoms with Gasteiger partial charge in [0.25, 0.3) is 0 Å². The zero-order valence-electron chi connectivity index (χ0n) is 8.63. The van der Waals surface area contributed by atoms with Crippen LogP contribution in [0.25, 0.3) is 0 Å². The number of hydrogen-bond acceptors (Lipinski definition) is 5. The molecule has 2 N–H and O–H groups in total. The minimum atomic E-state index is -3.99. The lowest BCUT2D eigenvalue weighted by Crippen LogP contribution is -2.36. The quantitative estimate of drug-likeness (QED) is 0.728. The van der Waals surface area contributed by atoms with Gasteiger partial charge >= 0.3 is 10.3 Å². The summed E-state index contributed by atoms with van der Waals surface area (Å²) in [5.41, 5.74) is 0. The van der Waals surface area contributed by atoms with Gasteiger partial charge in [-0.15, -0.1) is 0 Å². The van der Waals surface area contributed by atoms with Crippen molar-refractivity contribution in [1.82, 2.24) is 0 Å². The van der Waals surface area contributed by atoms with E-state index >= 15 is 0 Å². The standard InChI is InChI=1S/C7H15NO5S2/c1-7(2)6(3-4-14(7,9)10)5-13-15(8,11)12/h6H,3-5H2,1-2H3,(H2,8,11,12). The maximum Gasteiger partial charge on any atom is 0.333 e. The van der Waals surface area contributed by atoms with Gasteiger partial charge in [-0.1, -0.05) is 0 Å². The molecule has 6 nitrogen and oxygen atoms in total. The zero-order chi connectivity index (χ0) is 11.9. The van der Waals surface area contributed by atoms with Crippen molar-refractivity contribution in [3.05, 3.63) is 0 Å². The Labute approximate surface area is 90.0 Å². The first-order valence-corrected chi connectivity index (χ1v) is 7.58. The van der Waals surface area contributed by atoms with Crippen LogP contribution in [0.15, 0.2) is 0 Å². The molecule has 1 aliphatic rings. The van der Waals surface area contributed by atoms with E-state index < -0.39 is 24.9 Å². The molecule has 1 unspecified atom stereocenters. The highest BCUT2D eigenvalue weighted by Crippen LogP contribution is 2.37. The Morgan fingerprint density at radius 1 is 1.47 bits per heavy atom. The Balaban J connectivity index is 2.76. The van der Waals surface area contributed by atoms with Crippen molar-refractivity contribution in [2.24, 2.45) is 11.1 Å². The molecular weight excluding hydrogens is 242 g/mol. The second-order valence-corrected chi connectivity index (χ2v) is 8.10. The van der Waals surface area contributed by atoms with E-state index in [4.69, 9.17) is 0 Å². The van der Waals surface area contributed by atoms with Gasteiger partial charge in [-0.05, 0) is 20.3 Å². The maximum atomic E-state index is 11.6. The lowest BCUT2D eigenvalue weighted by Gasteiger charge is -2.24. The average Bonchev–Trinajstić information content (AvgIpc) is 2.19. The summed E-state index contributed by atoms with van der Waals surface area (Å²) in [5.74, 6) is -0.264. The Kier molecular flexibility index (Phi) is 3.17. The Morgan fingerprint density at radius 3 is 2.33 bits per heavy atom. The molecule has 1 rings (SSSR count). The van der Waals surface area contributed by atoms with E-state index in [2.05, 4.69) is 9.32 Å². The van der Waals surface area contributed by atoms with Crippen LogP contribution in [0, 0.1) is 5.92 Å². The molecule has 0 bridgehead atoms. The first-order chi connectivity index (χ1) is 6.56. The molecule has 1 saturated heterocycles.